The van der Waals surface area contributed by atoms with Gasteiger partial charge in [-0.3, -0.25) is 37.3 Å². The standard InChI is InChI=1S/C57H110O17P2/c1-7-11-13-15-16-17-18-19-20-29-35-41-56(61)73-53(46-68-55(60)40-34-28-23-21-26-31-37-49(5)9-3)48-72-76(65,66)70-44-51(58)43-69-75(63,64)71-47-52(45-67-54(59)39-33-25-14-12-8-2)74-57(62)42-36-30-24-22-27-32-38-50(6)10-4/h49-53,58H,7-48H2,1-6H3,(H,63,64)(H,65,66)/t49?,50?,51-,52+,53+/m0/s1. The zero-order valence-corrected chi connectivity index (χ0v) is 50.3. The fraction of sp³-hybridized carbons (Fsp3) is 0.930. The van der Waals surface area contributed by atoms with Gasteiger partial charge in [0.15, 0.2) is 12.2 Å². The van der Waals surface area contributed by atoms with E-state index in [1.165, 1.54) is 77.0 Å². The summed E-state index contributed by atoms with van der Waals surface area (Å²) < 4.78 is 67.5. The zero-order chi connectivity index (χ0) is 56.6. The van der Waals surface area contributed by atoms with Crippen molar-refractivity contribution in [1.82, 2.24) is 0 Å². The molecule has 0 aliphatic rings. The average Bonchev–Trinajstić information content (AvgIpc) is 3.39. The van der Waals surface area contributed by atoms with Gasteiger partial charge in [0.2, 0.25) is 0 Å². The molecule has 0 rings (SSSR count). The fourth-order valence-corrected chi connectivity index (χ4v) is 9.81. The number of hydrogen-bond donors (Lipinski definition) is 3. The molecule has 17 nitrogen and oxygen atoms in total. The number of phosphoric acid groups is 2. The second kappa shape index (κ2) is 50.1. The first-order valence-corrected chi connectivity index (χ1v) is 33.1. The summed E-state index contributed by atoms with van der Waals surface area (Å²) in [7, 11) is -9.86. The van der Waals surface area contributed by atoms with Crippen LogP contribution in [0.4, 0.5) is 0 Å². The summed E-state index contributed by atoms with van der Waals surface area (Å²) in [6, 6.07) is 0. The Balaban J connectivity index is 5.20. The summed E-state index contributed by atoms with van der Waals surface area (Å²) >= 11 is 0. The third-order valence-corrected chi connectivity index (χ3v) is 15.6. The van der Waals surface area contributed by atoms with Crippen molar-refractivity contribution in [3.63, 3.8) is 0 Å². The molecule has 0 radical (unpaired) electrons. The molecule has 0 saturated heterocycles. The molecular weight excluding hydrogens is 1020 g/mol. The van der Waals surface area contributed by atoms with Gasteiger partial charge < -0.3 is 33.8 Å². The molecular formula is C57H110O17P2. The molecule has 0 fully saturated rings. The second-order valence-electron chi connectivity index (χ2n) is 21.2. The molecule has 3 N–H and O–H groups in total. The molecule has 0 aliphatic heterocycles. The third-order valence-electron chi connectivity index (χ3n) is 13.7. The van der Waals surface area contributed by atoms with Crippen molar-refractivity contribution in [2.75, 3.05) is 39.6 Å². The SMILES string of the molecule is CCCCCCCCCCCCCC(=O)O[C@H](COC(=O)CCCCCCCCC(C)CC)COP(=O)(O)OC[C@@H](O)COP(=O)(O)OC[C@@H](COC(=O)CCCCCCC)OC(=O)CCCCCCCCC(C)CC. The van der Waals surface area contributed by atoms with Gasteiger partial charge in [-0.1, -0.05) is 221 Å². The van der Waals surface area contributed by atoms with Crippen molar-refractivity contribution in [2.24, 2.45) is 11.8 Å². The number of phosphoric ester groups is 2. The predicted molar refractivity (Wildman–Crippen MR) is 298 cm³/mol. The van der Waals surface area contributed by atoms with E-state index in [2.05, 4.69) is 41.5 Å². The summed E-state index contributed by atoms with van der Waals surface area (Å²) in [6.07, 6.45) is 29.7. The number of aliphatic hydroxyl groups is 1. The van der Waals surface area contributed by atoms with E-state index in [4.69, 9.17) is 37.0 Å². The topological polar surface area (TPSA) is 237 Å². The molecule has 0 aromatic heterocycles. The third kappa shape index (κ3) is 49.1. The molecule has 0 aromatic carbocycles. The highest BCUT2D eigenvalue weighted by Gasteiger charge is 2.30. The van der Waals surface area contributed by atoms with Crippen LogP contribution in [0, 0.1) is 11.8 Å². The van der Waals surface area contributed by atoms with Crippen LogP contribution >= 0.6 is 15.6 Å². The highest BCUT2D eigenvalue weighted by molar-refractivity contribution is 7.47. The number of hydrogen-bond acceptors (Lipinski definition) is 15. The molecule has 0 amide bonds. The van der Waals surface area contributed by atoms with Crippen LogP contribution in [0.3, 0.4) is 0 Å². The number of rotatable bonds is 56. The van der Waals surface area contributed by atoms with E-state index in [0.717, 1.165) is 115 Å². The molecule has 0 heterocycles. The van der Waals surface area contributed by atoms with E-state index in [0.29, 0.717) is 25.7 Å². The first-order valence-electron chi connectivity index (χ1n) is 30.1. The van der Waals surface area contributed by atoms with Crippen LogP contribution in [-0.4, -0.2) is 96.7 Å². The lowest BCUT2D eigenvalue weighted by molar-refractivity contribution is -0.161. The highest BCUT2D eigenvalue weighted by Crippen LogP contribution is 2.45. The maximum absolute atomic E-state index is 12.9. The summed E-state index contributed by atoms with van der Waals surface area (Å²) in [6.45, 7) is 9.25. The number of carbonyl (C=O) groups excluding carboxylic acids is 4. The monoisotopic (exact) mass is 1130 g/mol. The largest absolute Gasteiger partial charge is 0.472 e. The van der Waals surface area contributed by atoms with Crippen LogP contribution in [0.15, 0.2) is 0 Å². The van der Waals surface area contributed by atoms with Crippen molar-refractivity contribution in [2.45, 2.75) is 291 Å². The van der Waals surface area contributed by atoms with Gasteiger partial charge in [0.25, 0.3) is 0 Å². The summed E-state index contributed by atoms with van der Waals surface area (Å²) in [5.74, 6) is -0.706. The molecule has 0 bridgehead atoms. The molecule has 450 valence electrons. The van der Waals surface area contributed by atoms with Gasteiger partial charge in [0.1, 0.15) is 19.3 Å². The van der Waals surface area contributed by atoms with Crippen LogP contribution < -0.4 is 0 Å². The van der Waals surface area contributed by atoms with Gasteiger partial charge in [0.05, 0.1) is 26.4 Å². The van der Waals surface area contributed by atoms with Crippen molar-refractivity contribution < 1.29 is 80.2 Å². The fourth-order valence-electron chi connectivity index (χ4n) is 8.23. The first kappa shape index (κ1) is 74.1. The lowest BCUT2D eigenvalue weighted by Gasteiger charge is -2.21. The molecule has 0 aromatic rings. The van der Waals surface area contributed by atoms with Crippen LogP contribution in [0.1, 0.15) is 273 Å². The number of esters is 4. The zero-order valence-electron chi connectivity index (χ0n) is 48.5. The first-order chi connectivity index (χ1) is 36.4. The Morgan fingerprint density at radius 3 is 0.934 bits per heavy atom. The maximum Gasteiger partial charge on any atom is 0.472 e. The normalized spacial score (nSPS) is 15.2. The number of aliphatic hydroxyl groups excluding tert-OH is 1. The van der Waals surface area contributed by atoms with E-state index < -0.39 is 97.5 Å². The van der Waals surface area contributed by atoms with Gasteiger partial charge in [0, 0.05) is 25.7 Å². The van der Waals surface area contributed by atoms with Crippen LogP contribution in [0.2, 0.25) is 0 Å². The second-order valence-corrected chi connectivity index (χ2v) is 24.1. The maximum atomic E-state index is 12.9. The Labute approximate surface area is 460 Å². The summed E-state index contributed by atoms with van der Waals surface area (Å²) in [5, 5.41) is 10.5. The molecule has 4 unspecified atom stereocenters. The molecule has 19 heteroatoms. The predicted octanol–water partition coefficient (Wildman–Crippen LogP) is 14.9. The summed E-state index contributed by atoms with van der Waals surface area (Å²) in [4.78, 5) is 71.6. The van der Waals surface area contributed by atoms with Crippen molar-refractivity contribution in [3.8, 4) is 0 Å². The Bertz CT molecular complexity index is 1520. The number of unbranched alkanes of at least 4 members (excludes halogenated alkanes) is 24. The lowest BCUT2D eigenvalue weighted by Crippen LogP contribution is -2.30. The van der Waals surface area contributed by atoms with Gasteiger partial charge in [-0.2, -0.15) is 0 Å². The number of carbonyl (C=O) groups is 4. The van der Waals surface area contributed by atoms with Gasteiger partial charge in [-0.15, -0.1) is 0 Å². The quantitative estimate of drug-likeness (QED) is 0.0222. The Kier molecular flexibility index (Phi) is 48.8. The Morgan fingerprint density at radius 1 is 0.368 bits per heavy atom. The minimum Gasteiger partial charge on any atom is -0.462 e. The molecule has 0 saturated carbocycles. The van der Waals surface area contributed by atoms with Crippen LogP contribution in [0.5, 0.6) is 0 Å². The molecule has 76 heavy (non-hydrogen) atoms. The Hall–Kier alpha value is -1.94. The van der Waals surface area contributed by atoms with E-state index in [1.807, 2.05) is 0 Å². The minimum atomic E-state index is -4.93. The van der Waals surface area contributed by atoms with Gasteiger partial charge in [-0.25, -0.2) is 9.13 Å². The van der Waals surface area contributed by atoms with Crippen LogP contribution in [0.25, 0.3) is 0 Å². The van der Waals surface area contributed by atoms with Crippen LogP contribution in [-0.2, 0) is 65.4 Å². The van der Waals surface area contributed by atoms with Crippen molar-refractivity contribution in [1.29, 1.82) is 0 Å². The van der Waals surface area contributed by atoms with E-state index in [9.17, 15) is 43.2 Å². The van der Waals surface area contributed by atoms with Crippen molar-refractivity contribution in [3.05, 3.63) is 0 Å². The van der Waals surface area contributed by atoms with Gasteiger partial charge >= 0.3 is 39.5 Å². The van der Waals surface area contributed by atoms with Gasteiger partial charge in [-0.05, 0) is 37.5 Å². The molecule has 0 aliphatic carbocycles. The highest BCUT2D eigenvalue weighted by atomic mass is 31.2. The summed E-state index contributed by atoms with van der Waals surface area (Å²) in [5.41, 5.74) is 0. The average molecular weight is 1130 g/mol. The van der Waals surface area contributed by atoms with Crippen molar-refractivity contribution >= 4 is 39.5 Å². The minimum absolute atomic E-state index is 0.102. The lowest BCUT2D eigenvalue weighted by atomic mass is 10.00. The molecule has 7 atom stereocenters. The van der Waals surface area contributed by atoms with E-state index >= 15 is 0 Å². The van der Waals surface area contributed by atoms with E-state index in [1.54, 1.807) is 0 Å². The smallest absolute Gasteiger partial charge is 0.462 e. The number of ether oxygens (including phenoxy) is 4. The van der Waals surface area contributed by atoms with E-state index in [-0.39, 0.29) is 25.7 Å². The Morgan fingerprint density at radius 2 is 0.632 bits per heavy atom. The molecule has 0 spiro atoms.